The number of nitrogens with one attached hydrogen (secondary N) is 2. The van der Waals surface area contributed by atoms with Crippen molar-refractivity contribution in [1.82, 2.24) is 10.4 Å². The molecule has 0 saturated heterocycles. The van der Waals surface area contributed by atoms with Crippen molar-refractivity contribution >= 4 is 5.69 Å². The summed E-state index contributed by atoms with van der Waals surface area (Å²) in [5.74, 6) is 1.91. The number of hydrazine groups is 1. The van der Waals surface area contributed by atoms with Crippen molar-refractivity contribution < 1.29 is 14.9 Å². The Balaban J connectivity index is 1.54. The molecule has 1 heterocycles. The molecule has 1 aromatic carbocycles. The molecule has 1 aliphatic rings. The second-order valence-electron chi connectivity index (χ2n) is 6.43. The van der Waals surface area contributed by atoms with Gasteiger partial charge in [-0.2, -0.15) is 0 Å². The molecule has 0 bridgehead atoms. The topological polar surface area (TPSA) is 86.6 Å². The Bertz CT molecular complexity index is 687. The monoisotopic (exact) mass is 343 g/mol. The number of aromatic hydroxyl groups is 1. The van der Waals surface area contributed by atoms with Crippen LogP contribution in [-0.2, 0) is 6.61 Å². The average molecular weight is 343 g/mol. The zero-order valence-electron chi connectivity index (χ0n) is 14.2. The third kappa shape index (κ3) is 5.08. The average Bonchev–Trinajstić information content (AvgIpc) is 2.64. The molecule has 1 aliphatic carbocycles. The molecule has 1 fully saturated rings. The van der Waals surface area contributed by atoms with Crippen molar-refractivity contribution in [2.45, 2.75) is 38.7 Å². The van der Waals surface area contributed by atoms with Crippen LogP contribution in [0.1, 0.15) is 37.8 Å². The number of ether oxygens (including phenoxy) is 1. The molecule has 1 saturated carbocycles. The van der Waals surface area contributed by atoms with Gasteiger partial charge in [0.2, 0.25) is 0 Å². The number of anilines is 1. The maximum atomic E-state index is 10.2. The Morgan fingerprint density at radius 1 is 1.08 bits per heavy atom. The summed E-state index contributed by atoms with van der Waals surface area (Å²) in [4.78, 5) is 4.01. The van der Waals surface area contributed by atoms with Crippen LogP contribution >= 0.6 is 0 Å². The number of pyridine rings is 1. The lowest BCUT2D eigenvalue weighted by molar-refractivity contribution is 0.276. The van der Waals surface area contributed by atoms with Gasteiger partial charge in [-0.3, -0.25) is 4.98 Å². The first-order chi connectivity index (χ1) is 12.2. The molecule has 2 aromatic rings. The minimum absolute atomic E-state index is 0.116. The minimum Gasteiger partial charge on any atom is -0.506 e. The van der Waals surface area contributed by atoms with Crippen molar-refractivity contribution in [3.63, 3.8) is 0 Å². The molecule has 0 radical (unpaired) electrons. The fourth-order valence-corrected chi connectivity index (χ4v) is 3.10. The van der Waals surface area contributed by atoms with Crippen LogP contribution < -0.4 is 15.6 Å². The molecule has 6 nitrogen and oxygen atoms in total. The van der Waals surface area contributed by atoms with E-state index in [0.717, 1.165) is 6.54 Å². The Labute approximate surface area is 147 Å². The second-order valence-corrected chi connectivity index (χ2v) is 6.43. The van der Waals surface area contributed by atoms with Gasteiger partial charge in [-0.1, -0.05) is 19.3 Å². The molecule has 0 spiro atoms. The Morgan fingerprint density at radius 3 is 2.64 bits per heavy atom. The van der Waals surface area contributed by atoms with Gasteiger partial charge in [-0.05, 0) is 37.0 Å². The number of aliphatic hydroxyl groups excluding tert-OH is 1. The van der Waals surface area contributed by atoms with Gasteiger partial charge in [0.15, 0.2) is 0 Å². The van der Waals surface area contributed by atoms with E-state index in [4.69, 9.17) is 9.84 Å². The third-order valence-corrected chi connectivity index (χ3v) is 4.49. The normalized spacial score (nSPS) is 15.1. The summed E-state index contributed by atoms with van der Waals surface area (Å²) in [5.41, 5.74) is 7.43. The molecule has 0 aliphatic heterocycles. The predicted octanol–water partition coefficient (Wildman–Crippen LogP) is 3.57. The molecule has 25 heavy (non-hydrogen) atoms. The van der Waals surface area contributed by atoms with Crippen molar-refractivity contribution in [3.8, 4) is 17.2 Å². The lowest BCUT2D eigenvalue weighted by atomic mass is 9.89. The maximum Gasteiger partial charge on any atom is 0.143 e. The number of phenols is 1. The molecule has 134 valence electrons. The quantitative estimate of drug-likeness (QED) is 0.454. The SMILES string of the molecule is OCc1cc(Oc2ccc(NNCC3CCCCC3)c(O)c2)ccn1. The van der Waals surface area contributed by atoms with E-state index in [1.54, 1.807) is 36.5 Å². The van der Waals surface area contributed by atoms with Crippen molar-refractivity contribution in [2.75, 3.05) is 12.0 Å². The van der Waals surface area contributed by atoms with E-state index in [-0.39, 0.29) is 12.4 Å². The van der Waals surface area contributed by atoms with Crippen LogP contribution in [0.25, 0.3) is 0 Å². The first-order valence-electron chi connectivity index (χ1n) is 8.80. The van der Waals surface area contributed by atoms with Gasteiger partial charge in [-0.25, -0.2) is 5.43 Å². The Hall–Kier alpha value is -2.31. The van der Waals surface area contributed by atoms with Gasteiger partial charge in [0, 0.05) is 24.9 Å². The van der Waals surface area contributed by atoms with Gasteiger partial charge in [0.1, 0.15) is 17.2 Å². The van der Waals surface area contributed by atoms with E-state index in [9.17, 15) is 5.11 Å². The number of benzene rings is 1. The highest BCUT2D eigenvalue weighted by Crippen LogP contribution is 2.30. The summed E-state index contributed by atoms with van der Waals surface area (Å²) >= 11 is 0. The molecule has 0 atom stereocenters. The number of hydrogen-bond acceptors (Lipinski definition) is 6. The smallest absolute Gasteiger partial charge is 0.143 e. The summed E-state index contributed by atoms with van der Waals surface area (Å²) in [6.07, 6.45) is 8.10. The van der Waals surface area contributed by atoms with E-state index < -0.39 is 0 Å². The number of aromatic nitrogens is 1. The van der Waals surface area contributed by atoms with Crippen LogP contribution in [0.3, 0.4) is 0 Å². The number of hydrogen-bond donors (Lipinski definition) is 4. The molecular formula is C19H25N3O3. The van der Waals surface area contributed by atoms with Crippen LogP contribution in [0.5, 0.6) is 17.2 Å². The van der Waals surface area contributed by atoms with Crippen molar-refractivity contribution in [1.29, 1.82) is 0 Å². The fraction of sp³-hybridized carbons (Fsp3) is 0.421. The van der Waals surface area contributed by atoms with E-state index in [2.05, 4.69) is 15.8 Å². The van der Waals surface area contributed by atoms with E-state index in [1.165, 1.54) is 32.1 Å². The second kappa shape index (κ2) is 8.69. The molecule has 4 N–H and O–H groups in total. The third-order valence-electron chi connectivity index (χ3n) is 4.49. The van der Waals surface area contributed by atoms with Crippen molar-refractivity contribution in [2.24, 2.45) is 5.92 Å². The van der Waals surface area contributed by atoms with Gasteiger partial charge in [0.25, 0.3) is 0 Å². The van der Waals surface area contributed by atoms with Gasteiger partial charge in [-0.15, -0.1) is 0 Å². The lowest BCUT2D eigenvalue weighted by Crippen LogP contribution is -2.29. The number of phenolic OH excluding ortho intramolecular Hbond substituents is 1. The van der Waals surface area contributed by atoms with Gasteiger partial charge >= 0.3 is 0 Å². The Kier molecular flexibility index (Phi) is 6.09. The maximum absolute atomic E-state index is 10.2. The van der Waals surface area contributed by atoms with Crippen LogP contribution in [0, 0.1) is 5.92 Å². The van der Waals surface area contributed by atoms with Crippen molar-refractivity contribution in [3.05, 3.63) is 42.2 Å². The first kappa shape index (κ1) is 17.5. The highest BCUT2D eigenvalue weighted by atomic mass is 16.5. The lowest BCUT2D eigenvalue weighted by Gasteiger charge is -2.22. The minimum atomic E-state index is -0.141. The number of rotatable bonds is 7. The summed E-state index contributed by atoms with van der Waals surface area (Å²) in [6, 6.07) is 8.47. The Morgan fingerprint density at radius 2 is 1.88 bits per heavy atom. The van der Waals surface area contributed by atoms with Crippen LogP contribution in [0.15, 0.2) is 36.5 Å². The highest BCUT2D eigenvalue weighted by molar-refractivity contribution is 5.58. The molecule has 3 rings (SSSR count). The van der Waals surface area contributed by atoms with Crippen LogP contribution in [0.4, 0.5) is 5.69 Å². The molecular weight excluding hydrogens is 318 g/mol. The summed E-state index contributed by atoms with van der Waals surface area (Å²) in [5, 5.41) is 19.3. The number of nitrogens with zero attached hydrogens (tertiary/aromatic N) is 1. The number of aliphatic hydroxyl groups is 1. The molecule has 1 aromatic heterocycles. The van der Waals surface area contributed by atoms with E-state index in [0.29, 0.717) is 28.8 Å². The van der Waals surface area contributed by atoms with Crippen LogP contribution in [-0.4, -0.2) is 21.7 Å². The summed E-state index contributed by atoms with van der Waals surface area (Å²) < 4.78 is 5.70. The zero-order chi connectivity index (χ0) is 17.5. The highest BCUT2D eigenvalue weighted by Gasteiger charge is 2.13. The van der Waals surface area contributed by atoms with E-state index in [1.807, 2.05) is 0 Å². The van der Waals surface area contributed by atoms with Gasteiger partial charge < -0.3 is 20.4 Å². The fourth-order valence-electron chi connectivity index (χ4n) is 3.10. The zero-order valence-corrected chi connectivity index (χ0v) is 14.2. The summed E-state index contributed by atoms with van der Waals surface area (Å²) in [6.45, 7) is 0.761. The predicted molar refractivity (Wildman–Crippen MR) is 96.5 cm³/mol. The largest absolute Gasteiger partial charge is 0.506 e. The van der Waals surface area contributed by atoms with Crippen LogP contribution in [0.2, 0.25) is 0 Å². The molecule has 0 amide bonds. The first-order valence-corrected chi connectivity index (χ1v) is 8.80. The van der Waals surface area contributed by atoms with Gasteiger partial charge in [0.05, 0.1) is 18.0 Å². The van der Waals surface area contributed by atoms with E-state index >= 15 is 0 Å². The standard InChI is InChI=1S/C19H25N3O3/c23-13-15-10-17(8-9-20-15)25-16-6-7-18(19(24)11-16)22-21-12-14-4-2-1-3-5-14/h6-11,14,21-24H,1-5,12-13H2. The molecule has 6 heteroatoms. The molecule has 0 unspecified atom stereocenters. The summed E-state index contributed by atoms with van der Waals surface area (Å²) in [7, 11) is 0.